The Morgan fingerprint density at radius 2 is 1.81 bits per heavy atom. The van der Waals surface area contributed by atoms with Crippen LogP contribution in [0.25, 0.3) is 0 Å². The standard InChI is InChI=1S/C15H16ClNO4/c1-19-15(20-2)13(10-6-4-3-5-7-10)17-14(18)11-8-9-12(16)21-11/h3-9,13,15H,1-2H3,(H,17,18). The van der Waals surface area contributed by atoms with Crippen LogP contribution >= 0.6 is 11.6 Å². The molecular weight excluding hydrogens is 294 g/mol. The van der Waals surface area contributed by atoms with E-state index >= 15 is 0 Å². The molecule has 1 aromatic heterocycles. The Morgan fingerprint density at radius 3 is 2.33 bits per heavy atom. The van der Waals surface area contributed by atoms with E-state index in [-0.39, 0.29) is 11.0 Å². The fraction of sp³-hybridized carbons (Fsp3) is 0.267. The number of halogens is 1. The molecule has 1 heterocycles. The molecule has 0 saturated carbocycles. The molecule has 2 rings (SSSR count). The van der Waals surface area contributed by atoms with E-state index < -0.39 is 18.2 Å². The number of rotatable bonds is 6. The first-order valence-electron chi connectivity index (χ1n) is 6.32. The second-order valence-corrected chi connectivity index (χ2v) is 4.68. The van der Waals surface area contributed by atoms with Gasteiger partial charge in [0.2, 0.25) is 0 Å². The van der Waals surface area contributed by atoms with Crippen LogP contribution in [0.3, 0.4) is 0 Å². The van der Waals surface area contributed by atoms with Crippen LogP contribution in [0.4, 0.5) is 0 Å². The summed E-state index contributed by atoms with van der Waals surface area (Å²) in [5, 5.41) is 2.98. The molecule has 0 bridgehead atoms. The Kier molecular flexibility index (Phi) is 5.38. The van der Waals surface area contributed by atoms with Crippen LogP contribution < -0.4 is 5.32 Å². The largest absolute Gasteiger partial charge is 0.440 e. The number of carbonyl (C=O) groups is 1. The van der Waals surface area contributed by atoms with E-state index in [1.807, 2.05) is 30.3 Å². The van der Waals surface area contributed by atoms with E-state index in [1.165, 1.54) is 26.4 Å². The zero-order valence-electron chi connectivity index (χ0n) is 11.7. The number of carbonyl (C=O) groups excluding carboxylic acids is 1. The maximum absolute atomic E-state index is 12.2. The van der Waals surface area contributed by atoms with Gasteiger partial charge in [-0.3, -0.25) is 4.79 Å². The minimum absolute atomic E-state index is 0.131. The minimum Gasteiger partial charge on any atom is -0.440 e. The van der Waals surface area contributed by atoms with Gasteiger partial charge in [-0.1, -0.05) is 30.3 Å². The van der Waals surface area contributed by atoms with Gasteiger partial charge in [-0.15, -0.1) is 0 Å². The summed E-state index contributed by atoms with van der Waals surface area (Å²) in [7, 11) is 3.03. The molecule has 1 amide bonds. The number of benzene rings is 1. The monoisotopic (exact) mass is 309 g/mol. The minimum atomic E-state index is -0.623. The lowest BCUT2D eigenvalue weighted by molar-refractivity contribution is -0.122. The molecule has 1 N–H and O–H groups in total. The summed E-state index contributed by atoms with van der Waals surface area (Å²) in [5.74, 6) is -0.262. The first kappa shape index (κ1) is 15.6. The summed E-state index contributed by atoms with van der Waals surface area (Å²) in [6.07, 6.45) is -0.623. The van der Waals surface area contributed by atoms with Gasteiger partial charge in [-0.2, -0.15) is 0 Å². The van der Waals surface area contributed by atoms with Gasteiger partial charge in [0.15, 0.2) is 17.3 Å². The number of amides is 1. The molecular formula is C15H16ClNO4. The van der Waals surface area contributed by atoms with Gasteiger partial charge in [0, 0.05) is 14.2 Å². The van der Waals surface area contributed by atoms with Crippen LogP contribution in [-0.2, 0) is 9.47 Å². The van der Waals surface area contributed by atoms with Gasteiger partial charge in [-0.25, -0.2) is 0 Å². The third kappa shape index (κ3) is 3.85. The molecule has 1 unspecified atom stereocenters. The molecule has 5 nitrogen and oxygen atoms in total. The number of ether oxygens (including phenoxy) is 2. The van der Waals surface area contributed by atoms with Crippen molar-refractivity contribution < 1.29 is 18.7 Å². The number of methoxy groups -OCH3 is 2. The van der Waals surface area contributed by atoms with E-state index in [0.29, 0.717) is 0 Å². The summed E-state index contributed by atoms with van der Waals surface area (Å²) >= 11 is 5.68. The molecule has 0 radical (unpaired) electrons. The van der Waals surface area contributed by atoms with E-state index in [9.17, 15) is 4.79 Å². The Hall–Kier alpha value is -1.82. The number of hydrogen-bond donors (Lipinski definition) is 1. The first-order valence-corrected chi connectivity index (χ1v) is 6.70. The van der Waals surface area contributed by atoms with Crippen molar-refractivity contribution in [1.82, 2.24) is 5.32 Å². The summed E-state index contributed by atoms with van der Waals surface area (Å²) < 4.78 is 15.6. The van der Waals surface area contributed by atoms with Crippen molar-refractivity contribution in [3.63, 3.8) is 0 Å². The summed E-state index contributed by atoms with van der Waals surface area (Å²) in [6, 6.07) is 11.9. The quantitative estimate of drug-likeness (QED) is 0.833. The van der Waals surface area contributed by atoms with E-state index in [1.54, 1.807) is 0 Å². The van der Waals surface area contributed by atoms with Gasteiger partial charge < -0.3 is 19.2 Å². The molecule has 6 heteroatoms. The summed E-state index contributed by atoms with van der Waals surface area (Å²) in [5.41, 5.74) is 0.859. The number of nitrogens with one attached hydrogen (secondary N) is 1. The highest BCUT2D eigenvalue weighted by molar-refractivity contribution is 6.29. The van der Waals surface area contributed by atoms with Crippen LogP contribution in [0.5, 0.6) is 0 Å². The van der Waals surface area contributed by atoms with Gasteiger partial charge in [-0.05, 0) is 29.3 Å². The van der Waals surface area contributed by atoms with Crippen molar-refractivity contribution >= 4 is 17.5 Å². The second-order valence-electron chi connectivity index (χ2n) is 4.31. The first-order chi connectivity index (χ1) is 10.2. The van der Waals surface area contributed by atoms with Gasteiger partial charge in [0.25, 0.3) is 5.91 Å². The SMILES string of the molecule is COC(OC)C(NC(=O)c1ccc(Cl)o1)c1ccccc1. The molecule has 2 aromatic rings. The third-order valence-electron chi connectivity index (χ3n) is 2.98. The molecule has 0 aliphatic heterocycles. The summed E-state index contributed by atoms with van der Waals surface area (Å²) in [6.45, 7) is 0. The lowest BCUT2D eigenvalue weighted by Crippen LogP contribution is -2.38. The van der Waals surface area contributed by atoms with Crippen LogP contribution in [0.1, 0.15) is 22.2 Å². The maximum Gasteiger partial charge on any atom is 0.287 e. The molecule has 0 spiro atoms. The molecule has 0 saturated heterocycles. The van der Waals surface area contributed by atoms with Crippen LogP contribution in [-0.4, -0.2) is 26.4 Å². The van der Waals surface area contributed by atoms with E-state index in [0.717, 1.165) is 5.56 Å². The molecule has 1 aromatic carbocycles. The fourth-order valence-corrected chi connectivity index (χ4v) is 2.13. The molecule has 112 valence electrons. The molecule has 0 fully saturated rings. The zero-order chi connectivity index (χ0) is 15.2. The normalized spacial score (nSPS) is 12.4. The maximum atomic E-state index is 12.2. The van der Waals surface area contributed by atoms with Crippen molar-refractivity contribution in [1.29, 1.82) is 0 Å². The van der Waals surface area contributed by atoms with Crippen LogP contribution in [0.2, 0.25) is 5.22 Å². The smallest absolute Gasteiger partial charge is 0.287 e. The Morgan fingerprint density at radius 1 is 1.14 bits per heavy atom. The number of furan rings is 1. The van der Waals surface area contributed by atoms with Gasteiger partial charge in [0.05, 0.1) is 0 Å². The van der Waals surface area contributed by atoms with Crippen molar-refractivity contribution in [2.24, 2.45) is 0 Å². The fourth-order valence-electron chi connectivity index (χ4n) is 1.99. The summed E-state index contributed by atoms with van der Waals surface area (Å²) in [4.78, 5) is 12.2. The Balaban J connectivity index is 2.22. The molecule has 1 atom stereocenters. The average molecular weight is 310 g/mol. The number of hydrogen-bond acceptors (Lipinski definition) is 4. The molecule has 21 heavy (non-hydrogen) atoms. The topological polar surface area (TPSA) is 60.7 Å². The van der Waals surface area contributed by atoms with E-state index in [4.69, 9.17) is 25.5 Å². The molecule has 0 aliphatic rings. The Bertz CT molecular complexity index is 580. The third-order valence-corrected chi connectivity index (χ3v) is 3.18. The Labute approximate surface area is 127 Å². The highest BCUT2D eigenvalue weighted by Crippen LogP contribution is 2.21. The zero-order valence-corrected chi connectivity index (χ0v) is 12.5. The molecule has 0 aliphatic carbocycles. The van der Waals surface area contributed by atoms with Crippen molar-refractivity contribution in [2.45, 2.75) is 12.3 Å². The van der Waals surface area contributed by atoms with Crippen molar-refractivity contribution in [3.05, 3.63) is 59.0 Å². The highest BCUT2D eigenvalue weighted by atomic mass is 35.5. The lowest BCUT2D eigenvalue weighted by Gasteiger charge is -2.25. The predicted molar refractivity (Wildman–Crippen MR) is 78.2 cm³/mol. The highest BCUT2D eigenvalue weighted by Gasteiger charge is 2.26. The van der Waals surface area contributed by atoms with Gasteiger partial charge >= 0.3 is 0 Å². The van der Waals surface area contributed by atoms with E-state index in [2.05, 4.69) is 5.32 Å². The van der Waals surface area contributed by atoms with Gasteiger partial charge in [0.1, 0.15) is 6.04 Å². The average Bonchev–Trinajstić information content (AvgIpc) is 2.95. The van der Waals surface area contributed by atoms with Crippen LogP contribution in [0.15, 0.2) is 46.9 Å². The predicted octanol–water partition coefficient (Wildman–Crippen LogP) is 3.02. The van der Waals surface area contributed by atoms with Crippen LogP contribution in [0, 0.1) is 0 Å². The van der Waals surface area contributed by atoms with Crippen molar-refractivity contribution in [3.8, 4) is 0 Å². The lowest BCUT2D eigenvalue weighted by atomic mass is 10.1. The second kappa shape index (κ2) is 7.26. The van der Waals surface area contributed by atoms with Crippen molar-refractivity contribution in [2.75, 3.05) is 14.2 Å².